The van der Waals surface area contributed by atoms with Crippen LogP contribution in [0.5, 0.6) is 0 Å². The third-order valence-electron chi connectivity index (χ3n) is 3.42. The van der Waals surface area contributed by atoms with Gasteiger partial charge in [-0.1, -0.05) is 33.6 Å². The molecule has 1 aliphatic carbocycles. The Bertz CT molecular complexity index is 339. The Kier molecular flexibility index (Phi) is 4.08. The van der Waals surface area contributed by atoms with E-state index in [1.165, 1.54) is 25.7 Å². The second-order valence-electron chi connectivity index (χ2n) is 5.73. The van der Waals surface area contributed by atoms with E-state index in [1.807, 2.05) is 6.20 Å². The van der Waals surface area contributed by atoms with E-state index in [2.05, 4.69) is 41.8 Å². The van der Waals surface area contributed by atoms with E-state index in [0.29, 0.717) is 12.0 Å². The standard InChI is InChI=1S/C14H25N3/c1-4-13(9-12-5-6-12)16-14-15-7-8-17(14)10-11(2)3/h7-8,11-13H,4-6,9-10H2,1-3H3,(H,15,16). The zero-order chi connectivity index (χ0) is 12.3. The highest BCUT2D eigenvalue weighted by atomic mass is 15.2. The van der Waals surface area contributed by atoms with Crippen LogP contribution in [0, 0.1) is 11.8 Å². The molecule has 1 N–H and O–H groups in total. The summed E-state index contributed by atoms with van der Waals surface area (Å²) in [5.41, 5.74) is 0. The highest BCUT2D eigenvalue weighted by Gasteiger charge is 2.25. The topological polar surface area (TPSA) is 29.9 Å². The predicted octanol–water partition coefficient (Wildman–Crippen LogP) is 3.53. The van der Waals surface area contributed by atoms with Gasteiger partial charge in [0.2, 0.25) is 5.95 Å². The van der Waals surface area contributed by atoms with Gasteiger partial charge in [0.1, 0.15) is 0 Å². The molecule has 1 aromatic heterocycles. The van der Waals surface area contributed by atoms with Gasteiger partial charge in [-0.15, -0.1) is 0 Å². The molecule has 0 amide bonds. The van der Waals surface area contributed by atoms with Crippen LogP contribution in [0.3, 0.4) is 0 Å². The second-order valence-corrected chi connectivity index (χ2v) is 5.73. The van der Waals surface area contributed by atoms with E-state index in [9.17, 15) is 0 Å². The van der Waals surface area contributed by atoms with Crippen molar-refractivity contribution in [2.45, 2.75) is 59.0 Å². The molecule has 0 aliphatic heterocycles. The summed E-state index contributed by atoms with van der Waals surface area (Å²) in [6.07, 6.45) is 9.33. The maximum Gasteiger partial charge on any atom is 0.202 e. The molecule has 1 heterocycles. The van der Waals surface area contributed by atoms with Crippen molar-refractivity contribution in [3.8, 4) is 0 Å². The molecule has 3 heteroatoms. The van der Waals surface area contributed by atoms with Crippen molar-refractivity contribution in [2.24, 2.45) is 11.8 Å². The molecule has 1 atom stereocenters. The molecule has 1 unspecified atom stereocenters. The second kappa shape index (κ2) is 5.56. The third-order valence-corrected chi connectivity index (χ3v) is 3.42. The predicted molar refractivity (Wildman–Crippen MR) is 72.1 cm³/mol. The molecule has 0 bridgehead atoms. The SMILES string of the molecule is CCC(CC1CC1)Nc1nccn1CC(C)C. The minimum atomic E-state index is 0.593. The van der Waals surface area contributed by atoms with Crippen molar-refractivity contribution >= 4 is 5.95 Å². The average Bonchev–Trinajstić information content (AvgIpc) is 2.99. The number of rotatable bonds is 7. The van der Waals surface area contributed by atoms with Crippen LogP contribution in [0.4, 0.5) is 5.95 Å². The summed E-state index contributed by atoms with van der Waals surface area (Å²) in [7, 11) is 0. The van der Waals surface area contributed by atoms with Gasteiger partial charge in [0.25, 0.3) is 0 Å². The van der Waals surface area contributed by atoms with E-state index < -0.39 is 0 Å². The first-order valence-corrected chi connectivity index (χ1v) is 6.96. The van der Waals surface area contributed by atoms with Crippen molar-refractivity contribution < 1.29 is 0 Å². The maximum absolute atomic E-state index is 4.44. The Hall–Kier alpha value is -0.990. The molecular formula is C14H25N3. The summed E-state index contributed by atoms with van der Waals surface area (Å²) >= 11 is 0. The minimum Gasteiger partial charge on any atom is -0.353 e. The van der Waals surface area contributed by atoms with Gasteiger partial charge >= 0.3 is 0 Å². The molecule has 1 fully saturated rings. The Labute approximate surface area is 105 Å². The Balaban J connectivity index is 1.93. The fourth-order valence-electron chi connectivity index (χ4n) is 2.26. The van der Waals surface area contributed by atoms with Gasteiger partial charge in [-0.2, -0.15) is 0 Å². The van der Waals surface area contributed by atoms with Gasteiger partial charge in [0.05, 0.1) is 0 Å². The first-order valence-electron chi connectivity index (χ1n) is 6.96. The number of nitrogens with one attached hydrogen (secondary N) is 1. The Morgan fingerprint density at radius 3 is 2.82 bits per heavy atom. The monoisotopic (exact) mass is 235 g/mol. The minimum absolute atomic E-state index is 0.593. The van der Waals surface area contributed by atoms with Crippen LogP contribution in [0.15, 0.2) is 12.4 Å². The van der Waals surface area contributed by atoms with Gasteiger partial charge in [0, 0.05) is 25.0 Å². The lowest BCUT2D eigenvalue weighted by Crippen LogP contribution is -2.22. The largest absolute Gasteiger partial charge is 0.353 e. The van der Waals surface area contributed by atoms with Gasteiger partial charge < -0.3 is 9.88 Å². The summed E-state index contributed by atoms with van der Waals surface area (Å²) in [6.45, 7) is 7.79. The first kappa shape index (κ1) is 12.5. The van der Waals surface area contributed by atoms with Crippen molar-refractivity contribution in [1.29, 1.82) is 0 Å². The summed E-state index contributed by atoms with van der Waals surface area (Å²) in [6, 6.07) is 0.593. The zero-order valence-corrected chi connectivity index (χ0v) is 11.3. The molecule has 1 aromatic rings. The van der Waals surface area contributed by atoms with Gasteiger partial charge in [-0.3, -0.25) is 0 Å². The van der Waals surface area contributed by atoms with Crippen molar-refractivity contribution in [1.82, 2.24) is 9.55 Å². The zero-order valence-electron chi connectivity index (χ0n) is 11.3. The van der Waals surface area contributed by atoms with Crippen LogP contribution in [0.2, 0.25) is 0 Å². The fraction of sp³-hybridized carbons (Fsp3) is 0.786. The summed E-state index contributed by atoms with van der Waals surface area (Å²) < 4.78 is 2.24. The highest BCUT2D eigenvalue weighted by Crippen LogP contribution is 2.34. The first-order chi connectivity index (χ1) is 8.19. The molecule has 0 radical (unpaired) electrons. The smallest absolute Gasteiger partial charge is 0.202 e. The molecule has 0 saturated heterocycles. The number of imidazole rings is 1. The summed E-state index contributed by atoms with van der Waals surface area (Å²) in [4.78, 5) is 4.44. The van der Waals surface area contributed by atoms with Crippen LogP contribution in [0.1, 0.15) is 46.5 Å². The van der Waals surface area contributed by atoms with Crippen LogP contribution in [-0.2, 0) is 6.54 Å². The van der Waals surface area contributed by atoms with Crippen LogP contribution < -0.4 is 5.32 Å². The number of hydrogen-bond donors (Lipinski definition) is 1. The summed E-state index contributed by atoms with van der Waals surface area (Å²) in [5, 5.41) is 3.61. The molecule has 96 valence electrons. The lowest BCUT2D eigenvalue weighted by Gasteiger charge is -2.19. The van der Waals surface area contributed by atoms with Gasteiger partial charge in [0.15, 0.2) is 0 Å². The fourth-order valence-corrected chi connectivity index (χ4v) is 2.26. The quantitative estimate of drug-likeness (QED) is 0.783. The van der Waals surface area contributed by atoms with Crippen molar-refractivity contribution in [3.63, 3.8) is 0 Å². The Morgan fingerprint density at radius 2 is 2.24 bits per heavy atom. The van der Waals surface area contributed by atoms with Gasteiger partial charge in [-0.05, 0) is 24.7 Å². The average molecular weight is 235 g/mol. The molecule has 3 nitrogen and oxygen atoms in total. The van der Waals surface area contributed by atoms with E-state index in [4.69, 9.17) is 0 Å². The van der Waals surface area contributed by atoms with Crippen LogP contribution in [0.25, 0.3) is 0 Å². The van der Waals surface area contributed by atoms with Crippen LogP contribution >= 0.6 is 0 Å². The molecule has 1 aliphatic rings. The number of aromatic nitrogens is 2. The van der Waals surface area contributed by atoms with Crippen molar-refractivity contribution in [2.75, 3.05) is 5.32 Å². The lowest BCUT2D eigenvalue weighted by molar-refractivity contribution is 0.517. The van der Waals surface area contributed by atoms with E-state index in [0.717, 1.165) is 18.4 Å². The van der Waals surface area contributed by atoms with Crippen LogP contribution in [-0.4, -0.2) is 15.6 Å². The molecular weight excluding hydrogens is 210 g/mol. The molecule has 0 aromatic carbocycles. The van der Waals surface area contributed by atoms with E-state index in [-0.39, 0.29) is 0 Å². The highest BCUT2D eigenvalue weighted by molar-refractivity contribution is 5.27. The van der Waals surface area contributed by atoms with Gasteiger partial charge in [-0.25, -0.2) is 4.98 Å². The van der Waals surface area contributed by atoms with E-state index >= 15 is 0 Å². The number of hydrogen-bond acceptors (Lipinski definition) is 2. The maximum atomic E-state index is 4.44. The summed E-state index contributed by atoms with van der Waals surface area (Å²) in [5.74, 6) is 2.68. The number of nitrogens with zero attached hydrogens (tertiary/aromatic N) is 2. The third kappa shape index (κ3) is 3.76. The molecule has 2 rings (SSSR count). The normalized spacial score (nSPS) is 17.4. The Morgan fingerprint density at radius 1 is 1.47 bits per heavy atom. The van der Waals surface area contributed by atoms with Crippen molar-refractivity contribution in [3.05, 3.63) is 12.4 Å². The lowest BCUT2D eigenvalue weighted by atomic mass is 10.1. The molecule has 1 saturated carbocycles. The molecule has 17 heavy (non-hydrogen) atoms. The van der Waals surface area contributed by atoms with E-state index in [1.54, 1.807) is 0 Å². The number of anilines is 1. The molecule has 0 spiro atoms.